The molecule has 0 fully saturated rings. The lowest BCUT2D eigenvalue weighted by molar-refractivity contribution is 0.0939. The van der Waals surface area contributed by atoms with Crippen LogP contribution in [0, 0.1) is 0 Å². The van der Waals surface area contributed by atoms with Crippen LogP contribution in [0.4, 0.5) is 0 Å². The third kappa shape index (κ3) is 7.17. The first-order valence-electron chi connectivity index (χ1n) is 9.08. The van der Waals surface area contributed by atoms with E-state index in [0.717, 1.165) is 18.5 Å². The van der Waals surface area contributed by atoms with Crippen molar-refractivity contribution in [1.29, 1.82) is 0 Å². The van der Waals surface area contributed by atoms with Crippen molar-refractivity contribution >= 4 is 5.91 Å². The second kappa shape index (κ2) is 10.4. The number of benzene rings is 1. The Hall–Kier alpha value is -1.35. The van der Waals surface area contributed by atoms with Gasteiger partial charge in [-0.3, -0.25) is 9.69 Å². The maximum Gasteiger partial charge on any atom is 0.251 e. The highest BCUT2D eigenvalue weighted by atomic mass is 16.1. The molecule has 0 radical (unpaired) electrons. The van der Waals surface area contributed by atoms with Gasteiger partial charge in [0, 0.05) is 30.7 Å². The molecular formula is C20H34N2O. The third-order valence-electron chi connectivity index (χ3n) is 4.27. The van der Waals surface area contributed by atoms with Crippen LogP contribution in [0.3, 0.4) is 0 Å². The molecule has 0 unspecified atom stereocenters. The van der Waals surface area contributed by atoms with E-state index in [-0.39, 0.29) is 5.91 Å². The SMILES string of the molecule is CCCCCc1ccc(C(=O)NCCN(C(C)C)C(C)C)cc1. The molecule has 23 heavy (non-hydrogen) atoms. The van der Waals surface area contributed by atoms with Gasteiger partial charge in [0.15, 0.2) is 0 Å². The van der Waals surface area contributed by atoms with E-state index in [1.807, 2.05) is 12.1 Å². The van der Waals surface area contributed by atoms with E-state index in [4.69, 9.17) is 0 Å². The molecule has 1 aromatic carbocycles. The largest absolute Gasteiger partial charge is 0.351 e. The normalized spacial score (nSPS) is 11.5. The van der Waals surface area contributed by atoms with E-state index in [2.05, 4.69) is 57.0 Å². The van der Waals surface area contributed by atoms with Crippen molar-refractivity contribution in [3.63, 3.8) is 0 Å². The van der Waals surface area contributed by atoms with E-state index >= 15 is 0 Å². The Labute approximate surface area is 142 Å². The molecule has 0 heterocycles. The summed E-state index contributed by atoms with van der Waals surface area (Å²) in [6.07, 6.45) is 4.84. The Bertz CT molecular complexity index is 443. The molecule has 0 aliphatic heterocycles. The highest BCUT2D eigenvalue weighted by molar-refractivity contribution is 5.94. The average molecular weight is 319 g/mol. The molecule has 3 heteroatoms. The smallest absolute Gasteiger partial charge is 0.251 e. The van der Waals surface area contributed by atoms with Crippen molar-refractivity contribution in [1.82, 2.24) is 10.2 Å². The van der Waals surface area contributed by atoms with Crippen molar-refractivity contribution in [2.75, 3.05) is 13.1 Å². The zero-order chi connectivity index (χ0) is 17.2. The first kappa shape index (κ1) is 19.7. The second-order valence-corrected chi connectivity index (χ2v) is 6.84. The number of hydrogen-bond acceptors (Lipinski definition) is 2. The first-order valence-corrected chi connectivity index (χ1v) is 9.08. The van der Waals surface area contributed by atoms with Gasteiger partial charge >= 0.3 is 0 Å². The molecular weight excluding hydrogens is 284 g/mol. The standard InChI is InChI=1S/C20H34N2O/c1-6-7-8-9-18-10-12-19(13-11-18)20(23)21-14-15-22(16(2)3)17(4)5/h10-13,16-17H,6-9,14-15H2,1-5H3,(H,21,23). The summed E-state index contributed by atoms with van der Waals surface area (Å²) in [6.45, 7) is 12.6. The lowest BCUT2D eigenvalue weighted by atomic mass is 10.1. The van der Waals surface area contributed by atoms with E-state index in [1.54, 1.807) is 0 Å². The van der Waals surface area contributed by atoms with Gasteiger partial charge in [-0.05, 0) is 58.2 Å². The summed E-state index contributed by atoms with van der Waals surface area (Å²) in [5.41, 5.74) is 2.07. The van der Waals surface area contributed by atoms with Crippen LogP contribution in [0.25, 0.3) is 0 Å². The summed E-state index contributed by atoms with van der Waals surface area (Å²) in [5, 5.41) is 3.03. The predicted molar refractivity (Wildman–Crippen MR) is 99.0 cm³/mol. The molecule has 0 aliphatic carbocycles. The average Bonchev–Trinajstić information content (AvgIpc) is 2.51. The van der Waals surface area contributed by atoms with Crippen LogP contribution in [0.2, 0.25) is 0 Å². The minimum absolute atomic E-state index is 0.0255. The van der Waals surface area contributed by atoms with Crippen LogP contribution >= 0.6 is 0 Å². The summed E-state index contributed by atoms with van der Waals surface area (Å²) in [7, 11) is 0. The minimum Gasteiger partial charge on any atom is -0.351 e. The molecule has 0 atom stereocenters. The fourth-order valence-corrected chi connectivity index (χ4v) is 2.92. The van der Waals surface area contributed by atoms with Gasteiger partial charge < -0.3 is 5.32 Å². The zero-order valence-corrected chi connectivity index (χ0v) is 15.6. The third-order valence-corrected chi connectivity index (χ3v) is 4.27. The number of amides is 1. The number of rotatable bonds is 10. The molecule has 0 spiro atoms. The number of hydrogen-bond donors (Lipinski definition) is 1. The van der Waals surface area contributed by atoms with Gasteiger partial charge in [0.1, 0.15) is 0 Å². The highest BCUT2D eigenvalue weighted by Gasteiger charge is 2.13. The Balaban J connectivity index is 2.42. The van der Waals surface area contributed by atoms with Crippen molar-refractivity contribution < 1.29 is 4.79 Å². The van der Waals surface area contributed by atoms with Gasteiger partial charge in [0.25, 0.3) is 5.91 Å². The Morgan fingerprint density at radius 1 is 1.04 bits per heavy atom. The fraction of sp³-hybridized carbons (Fsp3) is 0.650. The quantitative estimate of drug-likeness (QED) is 0.653. The predicted octanol–water partition coefficient (Wildman–Crippen LogP) is 4.27. The van der Waals surface area contributed by atoms with Gasteiger partial charge in [-0.1, -0.05) is 31.9 Å². The van der Waals surface area contributed by atoms with Crippen molar-refractivity contribution in [3.05, 3.63) is 35.4 Å². The maximum atomic E-state index is 12.2. The zero-order valence-electron chi connectivity index (χ0n) is 15.6. The number of aryl methyl sites for hydroxylation is 1. The number of carbonyl (C=O) groups excluding carboxylic acids is 1. The number of nitrogens with zero attached hydrogens (tertiary/aromatic N) is 1. The number of nitrogens with one attached hydrogen (secondary N) is 1. The minimum atomic E-state index is 0.0255. The van der Waals surface area contributed by atoms with Crippen LogP contribution < -0.4 is 5.32 Å². The van der Waals surface area contributed by atoms with Crippen LogP contribution in [0.15, 0.2) is 24.3 Å². The van der Waals surface area contributed by atoms with E-state index in [1.165, 1.54) is 24.8 Å². The van der Waals surface area contributed by atoms with Crippen molar-refractivity contribution in [2.45, 2.75) is 72.4 Å². The van der Waals surface area contributed by atoms with Gasteiger partial charge in [-0.15, -0.1) is 0 Å². The second-order valence-electron chi connectivity index (χ2n) is 6.84. The van der Waals surface area contributed by atoms with E-state index < -0.39 is 0 Å². The molecule has 130 valence electrons. The van der Waals surface area contributed by atoms with Gasteiger partial charge in [-0.2, -0.15) is 0 Å². The van der Waals surface area contributed by atoms with Gasteiger partial charge in [0.05, 0.1) is 0 Å². The first-order chi connectivity index (χ1) is 11.0. The van der Waals surface area contributed by atoms with Crippen molar-refractivity contribution in [2.24, 2.45) is 0 Å². The topological polar surface area (TPSA) is 32.3 Å². The van der Waals surface area contributed by atoms with E-state index in [9.17, 15) is 4.79 Å². The molecule has 0 aliphatic rings. The molecule has 3 nitrogen and oxygen atoms in total. The van der Waals surface area contributed by atoms with Crippen LogP contribution in [0.1, 0.15) is 69.8 Å². The lowest BCUT2D eigenvalue weighted by Gasteiger charge is -2.30. The summed E-state index contributed by atoms with van der Waals surface area (Å²) in [4.78, 5) is 14.6. The summed E-state index contributed by atoms with van der Waals surface area (Å²) >= 11 is 0. The number of carbonyl (C=O) groups is 1. The molecule has 0 bridgehead atoms. The van der Waals surface area contributed by atoms with E-state index in [0.29, 0.717) is 18.6 Å². The van der Waals surface area contributed by atoms with Crippen molar-refractivity contribution in [3.8, 4) is 0 Å². The van der Waals surface area contributed by atoms with Gasteiger partial charge in [-0.25, -0.2) is 0 Å². The monoisotopic (exact) mass is 318 g/mol. The Morgan fingerprint density at radius 3 is 2.17 bits per heavy atom. The molecule has 0 saturated heterocycles. The molecule has 1 rings (SSSR count). The van der Waals surface area contributed by atoms with Crippen LogP contribution in [-0.4, -0.2) is 36.0 Å². The fourth-order valence-electron chi connectivity index (χ4n) is 2.92. The Morgan fingerprint density at radius 2 is 1.65 bits per heavy atom. The molecule has 1 amide bonds. The lowest BCUT2D eigenvalue weighted by Crippen LogP contribution is -2.42. The molecule has 0 aromatic heterocycles. The van der Waals surface area contributed by atoms with Crippen LogP contribution in [-0.2, 0) is 6.42 Å². The summed E-state index contributed by atoms with van der Waals surface area (Å²) < 4.78 is 0. The molecule has 1 N–H and O–H groups in total. The highest BCUT2D eigenvalue weighted by Crippen LogP contribution is 2.09. The van der Waals surface area contributed by atoms with Crippen LogP contribution in [0.5, 0.6) is 0 Å². The van der Waals surface area contributed by atoms with Gasteiger partial charge in [0.2, 0.25) is 0 Å². The summed E-state index contributed by atoms with van der Waals surface area (Å²) in [6, 6.07) is 9.04. The number of unbranched alkanes of at least 4 members (excludes halogenated alkanes) is 2. The maximum absolute atomic E-state index is 12.2. The molecule has 0 saturated carbocycles. The molecule has 1 aromatic rings. The Kier molecular flexibility index (Phi) is 8.93. The summed E-state index contributed by atoms with van der Waals surface area (Å²) in [5.74, 6) is 0.0255.